The van der Waals surface area contributed by atoms with Crippen molar-refractivity contribution in [1.82, 2.24) is 21.1 Å². The van der Waals surface area contributed by atoms with E-state index in [1.165, 1.54) is 0 Å². The normalized spacial score (nSPS) is 10.6. The number of hydrogen-bond donors (Lipinski definition) is 3. The van der Waals surface area contributed by atoms with Crippen molar-refractivity contribution in [1.29, 1.82) is 0 Å². The third-order valence-corrected chi connectivity index (χ3v) is 4.38. The van der Waals surface area contributed by atoms with E-state index in [0.717, 1.165) is 13.1 Å². The highest BCUT2D eigenvalue weighted by Gasteiger charge is 2.13. The van der Waals surface area contributed by atoms with Crippen LogP contribution in [0.5, 0.6) is 0 Å². The zero-order valence-corrected chi connectivity index (χ0v) is 16.9. The van der Waals surface area contributed by atoms with Gasteiger partial charge in [0.05, 0.1) is 6.54 Å². The molecule has 8 nitrogen and oxygen atoms in total. The Balaban J connectivity index is 1.65. The predicted octanol–water partition coefficient (Wildman–Crippen LogP) is 2.09. The van der Waals surface area contributed by atoms with Crippen LogP contribution >= 0.6 is 0 Å². The van der Waals surface area contributed by atoms with Crippen LogP contribution in [0.2, 0.25) is 0 Å². The number of hydrogen-bond acceptors (Lipinski definition) is 5. The van der Waals surface area contributed by atoms with Gasteiger partial charge in [-0.1, -0.05) is 32.0 Å². The van der Waals surface area contributed by atoms with Gasteiger partial charge in [-0.05, 0) is 43.8 Å². The molecule has 1 aromatic heterocycles. The van der Waals surface area contributed by atoms with Crippen molar-refractivity contribution in [2.75, 3.05) is 19.6 Å². The molecule has 0 aliphatic carbocycles. The number of furan rings is 1. The molecule has 1 aromatic carbocycles. The summed E-state index contributed by atoms with van der Waals surface area (Å²) in [5.41, 5.74) is 5.26. The van der Waals surface area contributed by atoms with Gasteiger partial charge in [0, 0.05) is 18.5 Å². The molecule has 3 N–H and O–H groups in total. The first-order valence-corrected chi connectivity index (χ1v) is 9.77. The van der Waals surface area contributed by atoms with Crippen LogP contribution in [-0.4, -0.2) is 42.3 Å². The number of carbonyl (C=O) groups is 3. The van der Waals surface area contributed by atoms with Crippen molar-refractivity contribution >= 4 is 17.7 Å². The molecule has 8 heteroatoms. The lowest BCUT2D eigenvalue weighted by Crippen LogP contribution is -2.41. The molecule has 0 saturated heterocycles. The third kappa shape index (κ3) is 7.42. The Labute approximate surface area is 170 Å². The minimum atomic E-state index is -0.512. The molecule has 0 spiro atoms. The first-order valence-electron chi connectivity index (χ1n) is 9.77. The van der Waals surface area contributed by atoms with Crippen LogP contribution < -0.4 is 16.2 Å². The van der Waals surface area contributed by atoms with Crippen LogP contribution in [0.1, 0.15) is 53.4 Å². The standard InChI is InChI=1S/C21H28N4O4/c1-3-25(4-2)15-17-12-13-18(29-17)21(28)24-23-19(26)11-8-14-22-20(27)16-9-6-5-7-10-16/h5-7,9-10,12-13H,3-4,8,11,14-15H2,1-2H3,(H,22,27)(H,23,26)(H,24,28). The number of nitrogens with one attached hydrogen (secondary N) is 3. The molecule has 0 atom stereocenters. The van der Waals surface area contributed by atoms with E-state index >= 15 is 0 Å². The average molecular weight is 400 g/mol. The van der Waals surface area contributed by atoms with E-state index < -0.39 is 5.91 Å². The van der Waals surface area contributed by atoms with E-state index in [9.17, 15) is 14.4 Å². The minimum Gasteiger partial charge on any atom is -0.454 e. The highest BCUT2D eigenvalue weighted by atomic mass is 16.4. The highest BCUT2D eigenvalue weighted by molar-refractivity contribution is 5.94. The summed E-state index contributed by atoms with van der Waals surface area (Å²) >= 11 is 0. The number of nitrogens with zero attached hydrogens (tertiary/aromatic N) is 1. The number of rotatable bonds is 10. The highest BCUT2D eigenvalue weighted by Crippen LogP contribution is 2.10. The van der Waals surface area contributed by atoms with Crippen LogP contribution in [0, 0.1) is 0 Å². The second-order valence-electron chi connectivity index (χ2n) is 6.46. The molecular weight excluding hydrogens is 372 g/mol. The van der Waals surface area contributed by atoms with Gasteiger partial charge in [-0.25, -0.2) is 0 Å². The maximum Gasteiger partial charge on any atom is 0.305 e. The lowest BCUT2D eigenvalue weighted by atomic mass is 10.2. The SMILES string of the molecule is CCN(CC)Cc1ccc(C(=O)NNC(=O)CCCNC(=O)c2ccccc2)o1. The summed E-state index contributed by atoms with van der Waals surface area (Å²) in [5, 5.41) is 2.75. The lowest BCUT2D eigenvalue weighted by molar-refractivity contribution is -0.121. The van der Waals surface area contributed by atoms with Gasteiger partial charge in [0.2, 0.25) is 5.91 Å². The predicted molar refractivity (Wildman–Crippen MR) is 109 cm³/mol. The molecule has 2 rings (SSSR count). The van der Waals surface area contributed by atoms with Crippen molar-refractivity contribution in [3.05, 3.63) is 59.5 Å². The Hall–Kier alpha value is -3.13. The first kappa shape index (κ1) is 22.2. The molecule has 3 amide bonds. The molecule has 0 radical (unpaired) electrons. The first-order chi connectivity index (χ1) is 14.0. The number of amides is 3. The molecule has 0 aliphatic heterocycles. The second kappa shape index (κ2) is 11.7. The summed E-state index contributed by atoms with van der Waals surface area (Å²) in [5.74, 6) is -0.205. The Morgan fingerprint density at radius 1 is 0.931 bits per heavy atom. The van der Waals surface area contributed by atoms with Gasteiger partial charge in [0.1, 0.15) is 5.76 Å². The molecule has 0 aliphatic rings. The summed E-state index contributed by atoms with van der Waals surface area (Å²) in [6, 6.07) is 12.2. The molecule has 0 unspecified atom stereocenters. The van der Waals surface area contributed by atoms with E-state index in [1.807, 2.05) is 6.07 Å². The van der Waals surface area contributed by atoms with Gasteiger partial charge in [-0.2, -0.15) is 0 Å². The van der Waals surface area contributed by atoms with Gasteiger partial charge in [0.25, 0.3) is 5.91 Å². The van der Waals surface area contributed by atoms with Crippen LogP contribution in [-0.2, 0) is 11.3 Å². The molecule has 2 aromatic rings. The molecular formula is C21H28N4O4. The maximum absolute atomic E-state index is 12.1. The molecule has 156 valence electrons. The van der Waals surface area contributed by atoms with Gasteiger partial charge >= 0.3 is 5.91 Å². The van der Waals surface area contributed by atoms with Crippen molar-refractivity contribution in [3.8, 4) is 0 Å². The van der Waals surface area contributed by atoms with Crippen LogP contribution in [0.3, 0.4) is 0 Å². The van der Waals surface area contributed by atoms with Crippen molar-refractivity contribution < 1.29 is 18.8 Å². The summed E-state index contributed by atoms with van der Waals surface area (Å²) in [7, 11) is 0. The van der Waals surface area contributed by atoms with Gasteiger partial charge in [-0.3, -0.25) is 30.1 Å². The molecule has 1 heterocycles. The largest absolute Gasteiger partial charge is 0.454 e. The topological polar surface area (TPSA) is 104 Å². The molecule has 0 fully saturated rings. The quantitative estimate of drug-likeness (QED) is 0.419. The van der Waals surface area contributed by atoms with Gasteiger partial charge in [-0.15, -0.1) is 0 Å². The minimum absolute atomic E-state index is 0.141. The van der Waals surface area contributed by atoms with Crippen molar-refractivity contribution in [2.24, 2.45) is 0 Å². The Morgan fingerprint density at radius 2 is 1.66 bits per heavy atom. The average Bonchev–Trinajstić information content (AvgIpc) is 3.22. The molecule has 0 saturated carbocycles. The Morgan fingerprint density at radius 3 is 2.34 bits per heavy atom. The zero-order valence-electron chi connectivity index (χ0n) is 16.9. The van der Waals surface area contributed by atoms with Crippen LogP contribution in [0.25, 0.3) is 0 Å². The van der Waals surface area contributed by atoms with Crippen LogP contribution in [0.15, 0.2) is 46.9 Å². The van der Waals surface area contributed by atoms with Crippen molar-refractivity contribution in [3.63, 3.8) is 0 Å². The monoisotopic (exact) mass is 400 g/mol. The molecule has 0 bridgehead atoms. The number of hydrazine groups is 1. The maximum atomic E-state index is 12.1. The Bertz CT molecular complexity index is 800. The fraction of sp³-hybridized carbons (Fsp3) is 0.381. The van der Waals surface area contributed by atoms with E-state index in [1.54, 1.807) is 36.4 Å². The summed E-state index contributed by atoms with van der Waals surface area (Å²) in [6.07, 6.45) is 0.621. The summed E-state index contributed by atoms with van der Waals surface area (Å²) < 4.78 is 5.53. The van der Waals surface area contributed by atoms with E-state index in [4.69, 9.17) is 4.42 Å². The number of carbonyl (C=O) groups excluding carboxylic acids is 3. The summed E-state index contributed by atoms with van der Waals surface area (Å²) in [4.78, 5) is 38.0. The van der Waals surface area contributed by atoms with E-state index in [0.29, 0.717) is 30.8 Å². The smallest absolute Gasteiger partial charge is 0.305 e. The lowest BCUT2D eigenvalue weighted by Gasteiger charge is -2.15. The fourth-order valence-corrected chi connectivity index (χ4v) is 2.65. The number of benzene rings is 1. The summed E-state index contributed by atoms with van der Waals surface area (Å²) in [6.45, 7) is 6.88. The van der Waals surface area contributed by atoms with Crippen molar-refractivity contribution in [2.45, 2.75) is 33.2 Å². The van der Waals surface area contributed by atoms with Crippen LogP contribution in [0.4, 0.5) is 0 Å². The zero-order chi connectivity index (χ0) is 21.1. The van der Waals surface area contributed by atoms with E-state index in [-0.39, 0.29) is 24.0 Å². The second-order valence-corrected chi connectivity index (χ2v) is 6.46. The van der Waals surface area contributed by atoms with Gasteiger partial charge in [0.15, 0.2) is 5.76 Å². The van der Waals surface area contributed by atoms with Gasteiger partial charge < -0.3 is 9.73 Å². The van der Waals surface area contributed by atoms with E-state index in [2.05, 4.69) is 34.9 Å². The Kier molecular flexibility index (Phi) is 8.91. The third-order valence-electron chi connectivity index (χ3n) is 4.38. The molecule has 29 heavy (non-hydrogen) atoms. The fourth-order valence-electron chi connectivity index (χ4n) is 2.65.